The van der Waals surface area contributed by atoms with Crippen LogP contribution >= 0.6 is 0 Å². The Labute approximate surface area is 242 Å². The number of carbonyl (C=O) groups excluding carboxylic acids is 2. The van der Waals surface area contributed by atoms with Crippen LogP contribution in [0.3, 0.4) is 0 Å². The number of sulfonamides is 1. The highest BCUT2D eigenvalue weighted by Crippen LogP contribution is 2.36. The van der Waals surface area contributed by atoms with Crippen LogP contribution < -0.4 is 14.2 Å². The monoisotopic (exact) mass is 579 g/mol. The van der Waals surface area contributed by atoms with Gasteiger partial charge in [-0.3, -0.25) is 14.3 Å². The van der Waals surface area contributed by atoms with Crippen molar-refractivity contribution in [3.63, 3.8) is 0 Å². The molecule has 10 heteroatoms. The first-order valence-electron chi connectivity index (χ1n) is 13.4. The molecule has 3 aromatic rings. The summed E-state index contributed by atoms with van der Waals surface area (Å²) in [6, 6.07) is 17.4. The quantitative estimate of drug-likeness (QED) is 0.386. The molecular formula is C31H37N3O6S. The molecule has 0 fully saturated rings. The zero-order chi connectivity index (χ0) is 29.7. The van der Waals surface area contributed by atoms with E-state index in [-0.39, 0.29) is 41.3 Å². The standard InChI is InChI=1S/C31H37N3O6S/c1-33(2)30(35)18-22-12-15-28(40-5)29(17-22)41(37,38)32-24-14-13-23-9-7-11-27(26(23)20-24)34(3)31(36)19-21-8-6-10-25(16-21)39-4/h6,8,10,12-17,20,27,32H,7,9,11,18-19H2,1-5H3. The van der Waals surface area contributed by atoms with Crippen LogP contribution in [0.4, 0.5) is 5.69 Å². The lowest BCUT2D eigenvalue weighted by molar-refractivity contribution is -0.131. The van der Waals surface area contributed by atoms with E-state index in [1.165, 1.54) is 18.1 Å². The van der Waals surface area contributed by atoms with Gasteiger partial charge >= 0.3 is 0 Å². The molecule has 2 amide bonds. The minimum absolute atomic E-state index is 0.0316. The van der Waals surface area contributed by atoms with Crippen LogP contribution in [-0.4, -0.2) is 65.4 Å². The van der Waals surface area contributed by atoms with E-state index < -0.39 is 10.0 Å². The van der Waals surface area contributed by atoms with Gasteiger partial charge in [-0.15, -0.1) is 0 Å². The van der Waals surface area contributed by atoms with Gasteiger partial charge in [-0.25, -0.2) is 8.42 Å². The third-order valence-electron chi connectivity index (χ3n) is 7.40. The largest absolute Gasteiger partial charge is 0.497 e. The predicted octanol–water partition coefficient (Wildman–Crippen LogP) is 4.21. The zero-order valence-corrected chi connectivity index (χ0v) is 25.0. The molecule has 41 heavy (non-hydrogen) atoms. The summed E-state index contributed by atoms with van der Waals surface area (Å²) in [4.78, 5) is 28.6. The Morgan fingerprint density at radius 1 is 0.902 bits per heavy atom. The molecule has 1 unspecified atom stereocenters. The van der Waals surface area contributed by atoms with Crippen LogP contribution in [0.25, 0.3) is 0 Å². The van der Waals surface area contributed by atoms with E-state index in [9.17, 15) is 18.0 Å². The van der Waals surface area contributed by atoms with Crippen molar-refractivity contribution in [2.75, 3.05) is 40.1 Å². The Morgan fingerprint density at radius 3 is 2.34 bits per heavy atom. The molecule has 0 aliphatic heterocycles. The van der Waals surface area contributed by atoms with Crippen molar-refractivity contribution >= 4 is 27.5 Å². The number of methoxy groups -OCH3 is 2. The molecule has 0 saturated carbocycles. The van der Waals surface area contributed by atoms with Crippen LogP contribution in [0.1, 0.15) is 41.1 Å². The van der Waals surface area contributed by atoms with E-state index in [0.717, 1.165) is 36.0 Å². The summed E-state index contributed by atoms with van der Waals surface area (Å²) in [7, 11) is 4.04. The summed E-state index contributed by atoms with van der Waals surface area (Å²) in [5, 5.41) is 0. The van der Waals surface area contributed by atoms with E-state index in [1.807, 2.05) is 36.4 Å². The van der Waals surface area contributed by atoms with Gasteiger partial charge in [0.05, 0.1) is 33.1 Å². The minimum Gasteiger partial charge on any atom is -0.497 e. The van der Waals surface area contributed by atoms with Crippen molar-refractivity contribution in [1.29, 1.82) is 0 Å². The van der Waals surface area contributed by atoms with Crippen molar-refractivity contribution in [1.82, 2.24) is 9.80 Å². The summed E-state index contributed by atoms with van der Waals surface area (Å²) >= 11 is 0. The Bertz CT molecular complexity index is 1540. The lowest BCUT2D eigenvalue weighted by atomic mass is 9.86. The van der Waals surface area contributed by atoms with Crippen molar-refractivity contribution in [2.24, 2.45) is 0 Å². The number of fused-ring (bicyclic) bond motifs is 1. The second-order valence-electron chi connectivity index (χ2n) is 10.4. The number of ether oxygens (including phenoxy) is 2. The number of hydrogen-bond acceptors (Lipinski definition) is 6. The highest BCUT2D eigenvalue weighted by molar-refractivity contribution is 7.92. The molecule has 218 valence electrons. The fourth-order valence-electron chi connectivity index (χ4n) is 5.08. The maximum absolute atomic E-state index is 13.5. The molecule has 1 N–H and O–H groups in total. The number of likely N-dealkylation sites (N-methyl/N-ethyl adjacent to an activating group) is 2. The summed E-state index contributed by atoms with van der Waals surface area (Å²) < 4.78 is 40.4. The highest BCUT2D eigenvalue weighted by atomic mass is 32.2. The van der Waals surface area contributed by atoms with Gasteiger partial charge in [0.1, 0.15) is 16.4 Å². The Balaban J connectivity index is 1.58. The molecule has 1 atom stereocenters. The number of nitrogens with zero attached hydrogens (tertiary/aromatic N) is 2. The van der Waals surface area contributed by atoms with Crippen LogP contribution in [-0.2, 0) is 38.9 Å². The molecule has 0 radical (unpaired) electrons. The number of amides is 2. The fourth-order valence-corrected chi connectivity index (χ4v) is 6.35. The highest BCUT2D eigenvalue weighted by Gasteiger charge is 2.28. The average molecular weight is 580 g/mol. The van der Waals surface area contributed by atoms with Crippen molar-refractivity contribution < 1.29 is 27.5 Å². The molecule has 3 aromatic carbocycles. The smallest absolute Gasteiger partial charge is 0.265 e. The number of carbonyl (C=O) groups is 2. The minimum atomic E-state index is -4.05. The van der Waals surface area contributed by atoms with E-state index in [2.05, 4.69) is 4.72 Å². The number of rotatable bonds is 10. The molecule has 0 saturated heterocycles. The Hall–Kier alpha value is -4.05. The van der Waals surface area contributed by atoms with Crippen LogP contribution in [0.2, 0.25) is 0 Å². The van der Waals surface area contributed by atoms with Gasteiger partial charge in [0.15, 0.2) is 0 Å². The van der Waals surface area contributed by atoms with E-state index in [4.69, 9.17) is 9.47 Å². The van der Waals surface area contributed by atoms with Gasteiger partial charge in [0, 0.05) is 26.8 Å². The summed E-state index contributed by atoms with van der Waals surface area (Å²) in [6.07, 6.45) is 2.86. The van der Waals surface area contributed by atoms with Gasteiger partial charge < -0.3 is 19.3 Å². The van der Waals surface area contributed by atoms with E-state index >= 15 is 0 Å². The van der Waals surface area contributed by atoms with Crippen LogP contribution in [0, 0.1) is 0 Å². The fraction of sp³-hybridized carbons (Fsp3) is 0.355. The molecule has 4 rings (SSSR count). The van der Waals surface area contributed by atoms with Crippen molar-refractivity contribution in [2.45, 2.75) is 43.0 Å². The predicted molar refractivity (Wildman–Crippen MR) is 158 cm³/mol. The van der Waals surface area contributed by atoms with E-state index in [0.29, 0.717) is 17.0 Å². The number of nitrogens with one attached hydrogen (secondary N) is 1. The Kier molecular flexibility index (Phi) is 9.22. The molecule has 9 nitrogen and oxygen atoms in total. The average Bonchev–Trinajstić information content (AvgIpc) is 2.96. The first kappa shape index (κ1) is 29.9. The van der Waals surface area contributed by atoms with Crippen LogP contribution in [0.5, 0.6) is 11.5 Å². The second kappa shape index (κ2) is 12.6. The molecule has 0 spiro atoms. The van der Waals surface area contributed by atoms with Gasteiger partial charge in [-0.2, -0.15) is 0 Å². The van der Waals surface area contributed by atoms with E-state index in [1.54, 1.807) is 51.4 Å². The zero-order valence-electron chi connectivity index (χ0n) is 24.1. The molecule has 1 aliphatic carbocycles. The first-order valence-corrected chi connectivity index (χ1v) is 14.9. The number of aryl methyl sites for hydroxylation is 1. The summed E-state index contributed by atoms with van der Waals surface area (Å²) in [5.74, 6) is 0.704. The SMILES string of the molecule is COc1cccc(CC(=O)N(C)C2CCCc3ccc(NS(=O)(=O)c4cc(CC(=O)N(C)C)ccc4OC)cc32)c1. The maximum Gasteiger partial charge on any atom is 0.265 e. The van der Waals surface area contributed by atoms with Gasteiger partial charge in [-0.1, -0.05) is 24.3 Å². The topological polar surface area (TPSA) is 105 Å². The third-order valence-corrected chi connectivity index (χ3v) is 8.81. The number of anilines is 1. The molecule has 0 heterocycles. The number of hydrogen-bond donors (Lipinski definition) is 1. The number of benzene rings is 3. The second-order valence-corrected chi connectivity index (χ2v) is 12.1. The van der Waals surface area contributed by atoms with Gasteiger partial charge in [0.2, 0.25) is 11.8 Å². The lowest BCUT2D eigenvalue weighted by Gasteiger charge is -2.34. The molecular weight excluding hydrogens is 542 g/mol. The summed E-state index contributed by atoms with van der Waals surface area (Å²) in [5.41, 5.74) is 3.83. The van der Waals surface area contributed by atoms with Gasteiger partial charge in [0.25, 0.3) is 10.0 Å². The van der Waals surface area contributed by atoms with Gasteiger partial charge in [-0.05, 0) is 77.9 Å². The summed E-state index contributed by atoms with van der Waals surface area (Å²) in [6.45, 7) is 0. The maximum atomic E-state index is 13.5. The molecule has 0 aromatic heterocycles. The third kappa shape index (κ3) is 7.00. The van der Waals surface area contributed by atoms with Crippen molar-refractivity contribution in [3.05, 3.63) is 82.9 Å². The normalized spacial score (nSPS) is 14.5. The molecule has 1 aliphatic rings. The lowest BCUT2D eigenvalue weighted by Crippen LogP contribution is -2.34. The van der Waals surface area contributed by atoms with Crippen molar-refractivity contribution in [3.8, 4) is 11.5 Å². The first-order chi connectivity index (χ1) is 19.5. The van der Waals surface area contributed by atoms with Crippen LogP contribution in [0.15, 0.2) is 65.6 Å². The Morgan fingerprint density at radius 2 is 1.63 bits per heavy atom. The molecule has 0 bridgehead atoms.